The van der Waals surface area contributed by atoms with Crippen LogP contribution in [0.25, 0.3) is 0 Å². The first kappa shape index (κ1) is 18.7. The number of nitrogens with two attached hydrogens (primary N) is 1. The van der Waals surface area contributed by atoms with Crippen LogP contribution in [0.3, 0.4) is 0 Å². The number of hydrogen-bond donors (Lipinski definition) is 2. The van der Waals surface area contributed by atoms with Gasteiger partial charge in [-0.05, 0) is 36.1 Å². The van der Waals surface area contributed by atoms with E-state index in [0.29, 0.717) is 18.5 Å². The number of halogens is 4. The van der Waals surface area contributed by atoms with Crippen LogP contribution in [0.1, 0.15) is 30.9 Å². The van der Waals surface area contributed by atoms with Crippen LogP contribution < -0.4 is 11.1 Å². The number of carbonyl (C=O) groups excluding carboxylic acids is 1. The molecule has 20 heavy (non-hydrogen) atoms. The Labute approximate surface area is 122 Å². The number of alkyl halides is 3. The number of amides is 1. The van der Waals surface area contributed by atoms with Gasteiger partial charge >= 0.3 is 12.1 Å². The van der Waals surface area contributed by atoms with Gasteiger partial charge in [0.25, 0.3) is 0 Å². The van der Waals surface area contributed by atoms with Crippen LogP contribution in [0.4, 0.5) is 18.9 Å². The molecule has 1 amide bonds. The first-order valence-corrected chi connectivity index (χ1v) is 5.96. The number of benzene rings is 1. The molecule has 0 saturated heterocycles. The molecule has 0 spiro atoms. The number of carbonyl (C=O) groups is 1. The quantitative estimate of drug-likeness (QED) is 0.897. The van der Waals surface area contributed by atoms with E-state index in [1.165, 1.54) is 0 Å². The van der Waals surface area contributed by atoms with Crippen LogP contribution in [0.5, 0.6) is 0 Å². The van der Waals surface area contributed by atoms with Gasteiger partial charge in [-0.25, -0.2) is 0 Å². The zero-order valence-electron chi connectivity index (χ0n) is 11.3. The third kappa shape index (κ3) is 5.02. The van der Waals surface area contributed by atoms with Crippen LogP contribution in [-0.4, -0.2) is 18.6 Å². The molecule has 0 atom stereocenters. The monoisotopic (exact) mass is 310 g/mol. The molecule has 0 radical (unpaired) electrons. The van der Waals surface area contributed by atoms with E-state index in [4.69, 9.17) is 5.73 Å². The van der Waals surface area contributed by atoms with Crippen molar-refractivity contribution in [3.05, 3.63) is 29.3 Å². The van der Waals surface area contributed by atoms with Gasteiger partial charge in [0.05, 0.1) is 0 Å². The first-order chi connectivity index (χ1) is 8.75. The Morgan fingerprint density at radius 1 is 1.35 bits per heavy atom. The average Bonchev–Trinajstić information content (AvgIpc) is 2.28. The van der Waals surface area contributed by atoms with E-state index in [2.05, 4.69) is 0 Å². The summed E-state index contributed by atoms with van der Waals surface area (Å²) in [5.41, 5.74) is 7.07. The highest BCUT2D eigenvalue weighted by Crippen LogP contribution is 2.27. The van der Waals surface area contributed by atoms with Crippen molar-refractivity contribution in [3.63, 3.8) is 0 Å². The van der Waals surface area contributed by atoms with Crippen molar-refractivity contribution in [2.45, 2.75) is 32.4 Å². The third-order valence-electron chi connectivity index (χ3n) is 2.68. The van der Waals surface area contributed by atoms with E-state index < -0.39 is 12.1 Å². The molecule has 0 heterocycles. The van der Waals surface area contributed by atoms with Crippen LogP contribution in [0.15, 0.2) is 18.2 Å². The fourth-order valence-corrected chi connectivity index (χ4v) is 1.73. The largest absolute Gasteiger partial charge is 0.471 e. The van der Waals surface area contributed by atoms with Gasteiger partial charge in [0, 0.05) is 5.69 Å². The highest BCUT2D eigenvalue weighted by atomic mass is 35.5. The predicted molar refractivity (Wildman–Crippen MR) is 75.2 cm³/mol. The lowest BCUT2D eigenvalue weighted by atomic mass is 9.98. The maximum Gasteiger partial charge on any atom is 0.471 e. The fourth-order valence-electron chi connectivity index (χ4n) is 1.73. The standard InChI is InChI=1S/C13H17F3N2O.ClH/c1-8(2)10-4-3-9(5-6-17)7-11(10)18-12(19)13(14,15)16;/h3-4,7-8H,5-6,17H2,1-2H3,(H,18,19);1H. The van der Waals surface area contributed by atoms with Crippen molar-refractivity contribution in [2.24, 2.45) is 5.73 Å². The van der Waals surface area contributed by atoms with E-state index in [9.17, 15) is 18.0 Å². The van der Waals surface area contributed by atoms with Gasteiger partial charge in [0.15, 0.2) is 0 Å². The second-order valence-corrected chi connectivity index (χ2v) is 4.57. The van der Waals surface area contributed by atoms with Crippen LogP contribution in [-0.2, 0) is 11.2 Å². The highest BCUT2D eigenvalue weighted by Gasteiger charge is 2.39. The van der Waals surface area contributed by atoms with Gasteiger partial charge in [-0.2, -0.15) is 13.2 Å². The van der Waals surface area contributed by atoms with E-state index >= 15 is 0 Å². The maximum absolute atomic E-state index is 12.3. The molecule has 0 unspecified atom stereocenters. The smallest absolute Gasteiger partial charge is 0.330 e. The minimum atomic E-state index is -4.89. The van der Waals surface area contributed by atoms with Gasteiger partial charge < -0.3 is 11.1 Å². The van der Waals surface area contributed by atoms with E-state index in [0.717, 1.165) is 5.56 Å². The average molecular weight is 311 g/mol. The van der Waals surface area contributed by atoms with Gasteiger partial charge in [-0.15, -0.1) is 12.4 Å². The molecule has 0 fully saturated rings. The Morgan fingerprint density at radius 3 is 2.40 bits per heavy atom. The number of rotatable bonds is 4. The summed E-state index contributed by atoms with van der Waals surface area (Å²) in [6.07, 6.45) is -4.34. The Morgan fingerprint density at radius 2 is 1.95 bits per heavy atom. The lowest BCUT2D eigenvalue weighted by Gasteiger charge is -2.16. The lowest BCUT2D eigenvalue weighted by Crippen LogP contribution is -2.30. The summed E-state index contributed by atoms with van der Waals surface area (Å²) in [6, 6.07) is 5.08. The van der Waals surface area contributed by atoms with Gasteiger partial charge in [-0.1, -0.05) is 26.0 Å². The lowest BCUT2D eigenvalue weighted by molar-refractivity contribution is -0.167. The SMILES string of the molecule is CC(C)c1ccc(CCN)cc1NC(=O)C(F)(F)F.Cl. The molecule has 0 aliphatic carbocycles. The zero-order chi connectivity index (χ0) is 14.6. The summed E-state index contributed by atoms with van der Waals surface area (Å²) < 4.78 is 36.9. The van der Waals surface area contributed by atoms with Crippen molar-refractivity contribution in [2.75, 3.05) is 11.9 Å². The maximum atomic E-state index is 12.3. The molecule has 1 aromatic carbocycles. The summed E-state index contributed by atoms with van der Waals surface area (Å²) in [6.45, 7) is 4.09. The minimum Gasteiger partial charge on any atom is -0.330 e. The molecule has 0 saturated carbocycles. The molecular formula is C13H18ClF3N2O. The van der Waals surface area contributed by atoms with Gasteiger partial charge in [-0.3, -0.25) is 4.79 Å². The van der Waals surface area contributed by atoms with E-state index in [-0.39, 0.29) is 24.0 Å². The van der Waals surface area contributed by atoms with Crippen molar-refractivity contribution < 1.29 is 18.0 Å². The Bertz CT molecular complexity index is 461. The molecule has 0 aromatic heterocycles. The van der Waals surface area contributed by atoms with Crippen molar-refractivity contribution in [1.82, 2.24) is 0 Å². The summed E-state index contributed by atoms with van der Waals surface area (Å²) in [5.74, 6) is -1.95. The molecule has 0 aliphatic heterocycles. The highest BCUT2D eigenvalue weighted by molar-refractivity contribution is 5.95. The Balaban J connectivity index is 0.00000361. The molecule has 0 aliphatic rings. The van der Waals surface area contributed by atoms with Crippen molar-refractivity contribution in [1.29, 1.82) is 0 Å². The number of nitrogens with one attached hydrogen (secondary N) is 1. The van der Waals surface area contributed by atoms with Gasteiger partial charge in [0.2, 0.25) is 0 Å². The second kappa shape index (κ2) is 7.50. The number of anilines is 1. The van der Waals surface area contributed by atoms with Crippen LogP contribution >= 0.6 is 12.4 Å². The summed E-state index contributed by atoms with van der Waals surface area (Å²) in [7, 11) is 0. The van der Waals surface area contributed by atoms with Crippen LogP contribution in [0.2, 0.25) is 0 Å². The second-order valence-electron chi connectivity index (χ2n) is 4.57. The molecular weight excluding hydrogens is 293 g/mol. The van der Waals surface area contributed by atoms with Crippen molar-refractivity contribution >= 4 is 24.0 Å². The first-order valence-electron chi connectivity index (χ1n) is 5.96. The zero-order valence-corrected chi connectivity index (χ0v) is 12.1. The topological polar surface area (TPSA) is 55.1 Å². The van der Waals surface area contributed by atoms with E-state index in [1.54, 1.807) is 12.1 Å². The minimum absolute atomic E-state index is 0. The van der Waals surface area contributed by atoms with Crippen molar-refractivity contribution in [3.8, 4) is 0 Å². The predicted octanol–water partition coefficient (Wildman–Crippen LogP) is 3.23. The van der Waals surface area contributed by atoms with Crippen LogP contribution in [0, 0.1) is 0 Å². The molecule has 1 aromatic rings. The molecule has 0 bridgehead atoms. The molecule has 114 valence electrons. The Kier molecular flexibility index (Phi) is 7.02. The molecule has 3 nitrogen and oxygen atoms in total. The van der Waals surface area contributed by atoms with E-state index in [1.807, 2.05) is 25.2 Å². The normalized spacial score (nSPS) is 11.2. The van der Waals surface area contributed by atoms with Gasteiger partial charge in [0.1, 0.15) is 0 Å². The fraction of sp³-hybridized carbons (Fsp3) is 0.462. The number of hydrogen-bond acceptors (Lipinski definition) is 2. The Hall–Kier alpha value is -1.27. The summed E-state index contributed by atoms with van der Waals surface area (Å²) in [5, 5.41) is 1.93. The molecule has 1 rings (SSSR count). The summed E-state index contributed by atoms with van der Waals surface area (Å²) >= 11 is 0. The third-order valence-corrected chi connectivity index (χ3v) is 2.68. The summed E-state index contributed by atoms with van der Waals surface area (Å²) in [4.78, 5) is 11.0. The molecule has 7 heteroatoms. The molecule has 3 N–H and O–H groups in total.